The highest BCUT2D eigenvalue weighted by Crippen LogP contribution is 2.56. The van der Waals surface area contributed by atoms with Crippen molar-refractivity contribution < 1.29 is 0 Å². The molecule has 0 saturated heterocycles. The van der Waals surface area contributed by atoms with Crippen LogP contribution >= 0.6 is 0 Å². The molecule has 0 spiro atoms. The van der Waals surface area contributed by atoms with Crippen LogP contribution in [0.15, 0.2) is 170 Å². The van der Waals surface area contributed by atoms with Crippen molar-refractivity contribution in [1.29, 1.82) is 5.41 Å². The summed E-state index contributed by atoms with van der Waals surface area (Å²) in [5.41, 5.74) is 14.6. The van der Waals surface area contributed by atoms with Gasteiger partial charge in [-0.3, -0.25) is 0 Å². The Kier molecular flexibility index (Phi) is 7.62. The van der Waals surface area contributed by atoms with E-state index in [1.807, 2.05) is 42.5 Å². The van der Waals surface area contributed by atoms with Gasteiger partial charge in [-0.05, 0) is 69.1 Å². The normalized spacial score (nSPS) is 15.6. The number of nitrogens with zero attached hydrogens (tertiary/aromatic N) is 1. The van der Waals surface area contributed by atoms with Gasteiger partial charge in [0.2, 0.25) is 0 Å². The van der Waals surface area contributed by atoms with Crippen molar-refractivity contribution in [2.24, 2.45) is 0 Å². The standard InChI is InChI=1S/C48H39N3/c1-33-16-15-25-40-41-30-37(48(36-21-9-4-10-22-36)42-26-13-11-23-38(42)39-24-12-14-27-43(39)48)28-29-46(41)51(47(33)40)32-50-45(35-19-7-3-8-20-35)31-44(49)34-17-5-2-6-18-34/h2-15,17-31,33,49-50H,16,32H2,1H3/b45-31-,49-44?. The second-order valence-corrected chi connectivity index (χ2v) is 13.7. The zero-order chi connectivity index (χ0) is 34.4. The zero-order valence-electron chi connectivity index (χ0n) is 28.7. The minimum atomic E-state index is -0.444. The van der Waals surface area contributed by atoms with Crippen molar-refractivity contribution >= 4 is 28.4 Å². The lowest BCUT2D eigenvalue weighted by Crippen LogP contribution is -2.28. The summed E-state index contributed by atoms with van der Waals surface area (Å²) >= 11 is 0. The maximum atomic E-state index is 8.94. The first-order chi connectivity index (χ1) is 25.1. The lowest BCUT2D eigenvalue weighted by Gasteiger charge is -2.34. The van der Waals surface area contributed by atoms with Gasteiger partial charge in [0, 0.05) is 28.3 Å². The van der Waals surface area contributed by atoms with Crippen molar-refractivity contribution in [3.05, 3.63) is 215 Å². The van der Waals surface area contributed by atoms with Crippen LogP contribution in [0.1, 0.15) is 63.9 Å². The molecular formula is C48H39N3. The minimum absolute atomic E-state index is 0.366. The second kappa shape index (κ2) is 12.6. The van der Waals surface area contributed by atoms with Crippen molar-refractivity contribution in [1.82, 2.24) is 9.88 Å². The van der Waals surface area contributed by atoms with Crippen LogP contribution in [-0.2, 0) is 12.1 Å². The maximum absolute atomic E-state index is 8.94. The summed E-state index contributed by atoms with van der Waals surface area (Å²) < 4.78 is 2.47. The number of hydrogen-bond donors (Lipinski definition) is 2. The lowest BCUT2D eigenvalue weighted by molar-refractivity contribution is 0.603. The summed E-state index contributed by atoms with van der Waals surface area (Å²) in [6, 6.07) is 56.4. The summed E-state index contributed by atoms with van der Waals surface area (Å²) in [6.07, 6.45) is 7.64. The molecule has 1 atom stereocenters. The summed E-state index contributed by atoms with van der Waals surface area (Å²) in [7, 11) is 0. The van der Waals surface area contributed by atoms with Gasteiger partial charge in [-0.2, -0.15) is 0 Å². The van der Waals surface area contributed by atoms with Crippen molar-refractivity contribution in [2.45, 2.75) is 31.3 Å². The van der Waals surface area contributed by atoms with E-state index in [0.29, 0.717) is 18.3 Å². The van der Waals surface area contributed by atoms with Gasteiger partial charge >= 0.3 is 0 Å². The average Bonchev–Trinajstić information content (AvgIpc) is 3.68. The average molecular weight is 658 g/mol. The predicted molar refractivity (Wildman–Crippen MR) is 212 cm³/mol. The fourth-order valence-electron chi connectivity index (χ4n) is 8.59. The lowest BCUT2D eigenvalue weighted by atomic mass is 9.67. The Balaban J connectivity index is 1.21. The zero-order valence-corrected chi connectivity index (χ0v) is 28.7. The van der Waals surface area contributed by atoms with Crippen LogP contribution in [0.2, 0.25) is 0 Å². The monoisotopic (exact) mass is 657 g/mol. The van der Waals surface area contributed by atoms with Crippen molar-refractivity contribution in [3.8, 4) is 11.1 Å². The van der Waals surface area contributed by atoms with E-state index >= 15 is 0 Å². The van der Waals surface area contributed by atoms with Crippen molar-refractivity contribution in [2.75, 3.05) is 0 Å². The Labute approximate surface area is 299 Å². The van der Waals surface area contributed by atoms with E-state index in [1.165, 1.54) is 55.5 Å². The highest BCUT2D eigenvalue weighted by molar-refractivity contribution is 6.10. The number of fused-ring (bicyclic) bond motifs is 6. The van der Waals surface area contributed by atoms with E-state index in [2.05, 4.69) is 150 Å². The van der Waals surface area contributed by atoms with Gasteiger partial charge < -0.3 is 15.3 Å². The molecule has 51 heavy (non-hydrogen) atoms. The third kappa shape index (κ3) is 5.00. The van der Waals surface area contributed by atoms with E-state index in [1.54, 1.807) is 0 Å². The molecule has 1 unspecified atom stereocenters. The third-order valence-corrected chi connectivity index (χ3v) is 10.9. The molecule has 1 aromatic heterocycles. The molecule has 3 nitrogen and oxygen atoms in total. The Bertz CT molecular complexity index is 2420. The molecule has 0 saturated carbocycles. The van der Waals surface area contributed by atoms with Gasteiger partial charge in [0.1, 0.15) is 0 Å². The number of aromatic nitrogens is 1. The number of allylic oxidation sites excluding steroid dienone is 2. The van der Waals surface area contributed by atoms with E-state index in [-0.39, 0.29) is 0 Å². The van der Waals surface area contributed by atoms with E-state index in [9.17, 15) is 0 Å². The summed E-state index contributed by atoms with van der Waals surface area (Å²) in [5, 5.41) is 14.0. The number of nitrogens with one attached hydrogen (secondary N) is 2. The quantitative estimate of drug-likeness (QED) is 0.157. The molecule has 2 N–H and O–H groups in total. The molecule has 0 aliphatic heterocycles. The van der Waals surface area contributed by atoms with E-state index in [0.717, 1.165) is 23.2 Å². The molecule has 0 bridgehead atoms. The largest absolute Gasteiger partial charge is 0.367 e. The van der Waals surface area contributed by atoms with Gasteiger partial charge in [0.25, 0.3) is 0 Å². The highest BCUT2D eigenvalue weighted by atomic mass is 15.1. The fourth-order valence-corrected chi connectivity index (χ4v) is 8.59. The van der Waals surface area contributed by atoms with Gasteiger partial charge in [-0.1, -0.05) is 165 Å². The molecule has 3 heteroatoms. The number of hydrogen-bond acceptors (Lipinski definition) is 2. The summed E-state index contributed by atoms with van der Waals surface area (Å²) in [6.45, 7) is 2.92. The smallest absolute Gasteiger partial charge is 0.0923 e. The van der Waals surface area contributed by atoms with Crippen LogP contribution in [0.3, 0.4) is 0 Å². The van der Waals surface area contributed by atoms with Gasteiger partial charge in [-0.25, -0.2) is 0 Å². The molecule has 1 heterocycles. The van der Waals surface area contributed by atoms with Crippen molar-refractivity contribution in [3.63, 3.8) is 0 Å². The first-order valence-electron chi connectivity index (χ1n) is 17.9. The fraction of sp³-hybridized carbons (Fsp3) is 0.104. The first kappa shape index (κ1) is 30.8. The van der Waals surface area contributed by atoms with Crippen LogP contribution in [-0.4, -0.2) is 10.3 Å². The molecule has 0 amide bonds. The highest BCUT2D eigenvalue weighted by Gasteiger charge is 2.46. The minimum Gasteiger partial charge on any atom is -0.367 e. The molecule has 7 aromatic rings. The molecule has 246 valence electrons. The molecular weight excluding hydrogens is 619 g/mol. The molecule has 2 aliphatic rings. The molecule has 0 fully saturated rings. The number of rotatable bonds is 8. The first-order valence-corrected chi connectivity index (χ1v) is 17.9. The summed E-state index contributed by atoms with van der Waals surface area (Å²) in [4.78, 5) is 0. The third-order valence-electron chi connectivity index (χ3n) is 10.9. The maximum Gasteiger partial charge on any atom is 0.0923 e. The Hall–Kier alpha value is -6.19. The Morgan fingerprint density at radius 1 is 0.706 bits per heavy atom. The van der Waals surface area contributed by atoms with Crippen LogP contribution in [0.5, 0.6) is 0 Å². The summed E-state index contributed by atoms with van der Waals surface area (Å²) in [5.74, 6) is 0.366. The van der Waals surface area contributed by atoms with Crippen LogP contribution < -0.4 is 5.32 Å². The van der Waals surface area contributed by atoms with Crippen LogP contribution in [0, 0.1) is 5.41 Å². The van der Waals surface area contributed by atoms with E-state index in [4.69, 9.17) is 5.41 Å². The van der Waals surface area contributed by atoms with E-state index < -0.39 is 5.41 Å². The molecule has 0 radical (unpaired) electrons. The SMILES string of the molecule is CC1CC=Cc2c1n(CN/C(=C\C(=N)c1ccccc1)c1ccccc1)c1ccc(C3(c4ccccc4)c4ccccc4-c4ccccc43)cc21. The van der Waals surface area contributed by atoms with Gasteiger partial charge in [0.15, 0.2) is 0 Å². The Morgan fingerprint density at radius 2 is 1.29 bits per heavy atom. The van der Waals surface area contributed by atoms with Crippen LogP contribution in [0.25, 0.3) is 33.8 Å². The Morgan fingerprint density at radius 3 is 1.96 bits per heavy atom. The molecule has 2 aliphatic carbocycles. The molecule has 6 aromatic carbocycles. The number of benzene rings is 6. The van der Waals surface area contributed by atoms with Gasteiger partial charge in [0.05, 0.1) is 23.3 Å². The molecule has 9 rings (SSSR count). The second-order valence-electron chi connectivity index (χ2n) is 13.7. The topological polar surface area (TPSA) is 40.8 Å². The van der Waals surface area contributed by atoms with Crippen LogP contribution in [0.4, 0.5) is 0 Å². The van der Waals surface area contributed by atoms with Gasteiger partial charge in [-0.15, -0.1) is 0 Å². The predicted octanol–water partition coefficient (Wildman–Crippen LogP) is 11.2.